The molecule has 2 aromatic heterocycles. The molecule has 2 aromatic carbocycles. The lowest BCUT2D eigenvalue weighted by molar-refractivity contribution is -0.137. The standard InChI is InChI=1S/C29H25F3N4O3/c1-19-5-6-24(35-28(37)12-20-3-2-4-23(11-20)29(30,31)32)13-26(19)36-16-22(14-34-36)25-15-33-9-7-27(25)39-18-21-8-10-38-17-21/h2-11,13-15,17,22H,12,16,18H2,1H3,(H,35,37). The molecule has 0 saturated carbocycles. The van der Waals surface area contributed by atoms with Gasteiger partial charge in [0.1, 0.15) is 12.4 Å². The quantitative estimate of drug-likeness (QED) is 0.285. The average molecular weight is 535 g/mol. The van der Waals surface area contributed by atoms with Crippen molar-refractivity contribution in [2.24, 2.45) is 5.10 Å². The first-order chi connectivity index (χ1) is 18.8. The number of rotatable bonds is 8. The van der Waals surface area contributed by atoms with E-state index in [2.05, 4.69) is 15.4 Å². The van der Waals surface area contributed by atoms with Crippen molar-refractivity contribution in [3.8, 4) is 5.75 Å². The van der Waals surface area contributed by atoms with Crippen LogP contribution >= 0.6 is 0 Å². The van der Waals surface area contributed by atoms with Gasteiger partial charge in [-0.15, -0.1) is 0 Å². The number of nitrogens with zero attached hydrogens (tertiary/aromatic N) is 3. The first kappa shape index (κ1) is 26.0. The summed E-state index contributed by atoms with van der Waals surface area (Å²) in [5.41, 5.74) is 3.59. The van der Waals surface area contributed by atoms with Gasteiger partial charge in [0, 0.05) is 41.3 Å². The highest BCUT2D eigenvalue weighted by atomic mass is 19.4. The maximum Gasteiger partial charge on any atom is 0.416 e. The molecule has 39 heavy (non-hydrogen) atoms. The number of pyridine rings is 1. The van der Waals surface area contributed by atoms with Crippen LogP contribution in [0.25, 0.3) is 0 Å². The Morgan fingerprint density at radius 2 is 2.03 bits per heavy atom. The molecule has 1 unspecified atom stereocenters. The molecule has 4 aromatic rings. The number of amides is 1. The van der Waals surface area contributed by atoms with Crippen molar-refractivity contribution >= 4 is 23.5 Å². The van der Waals surface area contributed by atoms with Gasteiger partial charge >= 0.3 is 6.18 Å². The molecular weight excluding hydrogens is 509 g/mol. The van der Waals surface area contributed by atoms with Gasteiger partial charge < -0.3 is 14.5 Å². The fourth-order valence-electron chi connectivity index (χ4n) is 4.33. The number of halogens is 3. The van der Waals surface area contributed by atoms with Crippen molar-refractivity contribution in [2.45, 2.75) is 32.0 Å². The van der Waals surface area contributed by atoms with Crippen LogP contribution in [-0.2, 0) is 24.0 Å². The van der Waals surface area contributed by atoms with E-state index in [-0.39, 0.29) is 17.9 Å². The minimum Gasteiger partial charge on any atom is -0.488 e. The van der Waals surface area contributed by atoms with Crippen molar-refractivity contribution in [1.29, 1.82) is 0 Å². The Morgan fingerprint density at radius 1 is 1.15 bits per heavy atom. The number of aryl methyl sites for hydroxylation is 1. The predicted molar refractivity (Wildman–Crippen MR) is 141 cm³/mol. The number of hydrogen-bond acceptors (Lipinski definition) is 6. The van der Waals surface area contributed by atoms with Gasteiger partial charge in [0.15, 0.2) is 0 Å². The van der Waals surface area contributed by atoms with Gasteiger partial charge in [-0.25, -0.2) is 0 Å². The Bertz CT molecular complexity index is 1490. The number of benzene rings is 2. The van der Waals surface area contributed by atoms with Gasteiger partial charge in [-0.3, -0.25) is 14.8 Å². The normalized spacial score (nSPS) is 15.0. The first-order valence-electron chi connectivity index (χ1n) is 12.2. The monoisotopic (exact) mass is 534 g/mol. The number of alkyl halides is 3. The van der Waals surface area contributed by atoms with Crippen molar-refractivity contribution in [1.82, 2.24) is 4.98 Å². The average Bonchev–Trinajstić information content (AvgIpc) is 3.61. The zero-order valence-electron chi connectivity index (χ0n) is 21.0. The van der Waals surface area contributed by atoms with Crippen molar-refractivity contribution in [3.05, 3.63) is 107 Å². The second-order valence-corrected chi connectivity index (χ2v) is 9.21. The third kappa shape index (κ3) is 6.28. The molecular formula is C29H25F3N4O3. The molecule has 1 aliphatic rings. The largest absolute Gasteiger partial charge is 0.488 e. The zero-order chi connectivity index (χ0) is 27.4. The number of hydrazone groups is 1. The molecule has 0 saturated heterocycles. The Kier molecular flexibility index (Phi) is 7.36. The van der Waals surface area contributed by atoms with E-state index < -0.39 is 17.6 Å². The van der Waals surface area contributed by atoms with Crippen LogP contribution < -0.4 is 15.1 Å². The molecule has 0 bridgehead atoms. The van der Waals surface area contributed by atoms with E-state index in [1.807, 2.05) is 36.3 Å². The summed E-state index contributed by atoms with van der Waals surface area (Å²) in [5, 5.41) is 9.22. The van der Waals surface area contributed by atoms with Crippen LogP contribution in [-0.4, -0.2) is 23.7 Å². The minimum atomic E-state index is -4.46. The van der Waals surface area contributed by atoms with Crippen molar-refractivity contribution in [3.63, 3.8) is 0 Å². The van der Waals surface area contributed by atoms with Gasteiger partial charge in [-0.05, 0) is 48.4 Å². The Balaban J connectivity index is 1.25. The maximum absolute atomic E-state index is 13.0. The number of ether oxygens (including phenoxy) is 1. The van der Waals surface area contributed by atoms with E-state index in [0.29, 0.717) is 24.6 Å². The molecule has 10 heteroatoms. The van der Waals surface area contributed by atoms with E-state index in [1.54, 1.807) is 37.1 Å². The van der Waals surface area contributed by atoms with Gasteiger partial charge in [0.05, 0.1) is 36.7 Å². The lowest BCUT2D eigenvalue weighted by Gasteiger charge is -2.20. The summed E-state index contributed by atoms with van der Waals surface area (Å²) in [6, 6.07) is 13.9. The van der Waals surface area contributed by atoms with Crippen LogP contribution in [0.2, 0.25) is 0 Å². The number of nitrogens with one attached hydrogen (secondary N) is 1. The topological polar surface area (TPSA) is 80.0 Å². The molecule has 7 nitrogen and oxygen atoms in total. The lowest BCUT2D eigenvalue weighted by atomic mass is 10.0. The molecule has 0 fully saturated rings. The number of carbonyl (C=O) groups is 1. The summed E-state index contributed by atoms with van der Waals surface area (Å²) >= 11 is 0. The molecule has 5 rings (SSSR count). The Morgan fingerprint density at radius 3 is 2.82 bits per heavy atom. The van der Waals surface area contributed by atoms with Crippen molar-refractivity contribution in [2.75, 3.05) is 16.9 Å². The third-order valence-electron chi connectivity index (χ3n) is 6.33. The van der Waals surface area contributed by atoms with Gasteiger partial charge in [-0.2, -0.15) is 18.3 Å². The molecule has 1 atom stereocenters. The number of carbonyl (C=O) groups excluding carboxylic acids is 1. The summed E-state index contributed by atoms with van der Waals surface area (Å²) in [6.45, 7) is 2.84. The van der Waals surface area contributed by atoms with Crippen LogP contribution in [0, 0.1) is 6.92 Å². The van der Waals surface area contributed by atoms with Crippen LogP contribution in [0.5, 0.6) is 5.75 Å². The second-order valence-electron chi connectivity index (χ2n) is 9.21. The number of furan rings is 1. The summed E-state index contributed by atoms with van der Waals surface area (Å²) in [7, 11) is 0. The van der Waals surface area contributed by atoms with Crippen LogP contribution in [0.1, 0.15) is 33.7 Å². The molecule has 200 valence electrons. The fourth-order valence-corrected chi connectivity index (χ4v) is 4.33. The first-order valence-corrected chi connectivity index (χ1v) is 12.2. The fraction of sp³-hybridized carbons (Fsp3) is 0.207. The number of anilines is 2. The van der Waals surface area contributed by atoms with E-state index in [1.165, 1.54) is 12.1 Å². The molecule has 3 heterocycles. The molecule has 1 aliphatic heterocycles. The molecule has 0 radical (unpaired) electrons. The summed E-state index contributed by atoms with van der Waals surface area (Å²) in [6.07, 6.45) is 3.86. The number of aromatic nitrogens is 1. The number of hydrogen-bond donors (Lipinski definition) is 1. The lowest BCUT2D eigenvalue weighted by Crippen LogP contribution is -2.19. The molecule has 0 spiro atoms. The van der Waals surface area contributed by atoms with E-state index >= 15 is 0 Å². The van der Waals surface area contributed by atoms with Gasteiger partial charge in [0.25, 0.3) is 0 Å². The van der Waals surface area contributed by atoms with Crippen LogP contribution in [0.3, 0.4) is 0 Å². The summed E-state index contributed by atoms with van der Waals surface area (Å²) in [4.78, 5) is 16.9. The minimum absolute atomic E-state index is 0.0726. The van der Waals surface area contributed by atoms with E-state index in [0.717, 1.165) is 34.5 Å². The molecule has 1 amide bonds. The molecule has 1 N–H and O–H groups in total. The van der Waals surface area contributed by atoms with Crippen molar-refractivity contribution < 1.29 is 27.1 Å². The summed E-state index contributed by atoms with van der Waals surface area (Å²) < 4.78 is 50.1. The van der Waals surface area contributed by atoms with Gasteiger partial charge in [0.2, 0.25) is 5.91 Å². The van der Waals surface area contributed by atoms with Gasteiger partial charge in [-0.1, -0.05) is 24.3 Å². The maximum atomic E-state index is 13.0. The second kappa shape index (κ2) is 11.0. The zero-order valence-corrected chi connectivity index (χ0v) is 21.0. The Labute approximate surface area is 222 Å². The summed E-state index contributed by atoms with van der Waals surface area (Å²) in [5.74, 6) is 0.218. The SMILES string of the molecule is Cc1ccc(NC(=O)Cc2cccc(C(F)(F)F)c2)cc1N1CC(c2cnccc2OCc2ccoc2)C=N1. The Hall–Kier alpha value is -4.60. The highest BCUT2D eigenvalue weighted by Crippen LogP contribution is 2.34. The van der Waals surface area contributed by atoms with E-state index in [9.17, 15) is 18.0 Å². The smallest absolute Gasteiger partial charge is 0.416 e. The predicted octanol–water partition coefficient (Wildman–Crippen LogP) is 6.35. The van der Waals surface area contributed by atoms with Crippen LogP contribution in [0.15, 0.2) is 89.0 Å². The highest BCUT2D eigenvalue weighted by molar-refractivity contribution is 5.93. The van der Waals surface area contributed by atoms with E-state index in [4.69, 9.17) is 9.15 Å². The van der Waals surface area contributed by atoms with Crippen LogP contribution in [0.4, 0.5) is 24.5 Å². The highest BCUT2D eigenvalue weighted by Gasteiger charge is 2.30. The molecule has 0 aliphatic carbocycles. The third-order valence-corrected chi connectivity index (χ3v) is 6.33.